The smallest absolute Gasteiger partial charge is 0.222 e. The van der Waals surface area contributed by atoms with Gasteiger partial charge >= 0.3 is 0 Å². The Kier molecular flexibility index (Phi) is 8.33. The highest BCUT2D eigenvalue weighted by molar-refractivity contribution is 5.85. The summed E-state index contributed by atoms with van der Waals surface area (Å²) in [6.07, 6.45) is 3.12. The van der Waals surface area contributed by atoms with Crippen LogP contribution < -0.4 is 11.1 Å². The molecule has 1 saturated heterocycles. The van der Waals surface area contributed by atoms with Gasteiger partial charge in [-0.15, -0.1) is 12.4 Å². The fraction of sp³-hybridized carbons (Fsp3) is 0.364. The zero-order valence-electron chi connectivity index (χ0n) is 16.0. The second-order valence-electron chi connectivity index (χ2n) is 7.08. The number of hydrogen-bond donors (Lipinski definition) is 2. The lowest BCUT2D eigenvalue weighted by molar-refractivity contribution is -0.130. The van der Waals surface area contributed by atoms with Crippen LogP contribution in [0.3, 0.4) is 0 Å². The van der Waals surface area contributed by atoms with Gasteiger partial charge in [-0.25, -0.2) is 0 Å². The molecule has 6 heteroatoms. The van der Waals surface area contributed by atoms with E-state index in [2.05, 4.69) is 5.32 Å². The van der Waals surface area contributed by atoms with E-state index >= 15 is 0 Å². The second kappa shape index (κ2) is 10.7. The lowest BCUT2D eigenvalue weighted by atomic mass is 10.1. The van der Waals surface area contributed by atoms with Crippen LogP contribution in [0, 0.1) is 0 Å². The quantitative estimate of drug-likeness (QED) is 0.700. The first kappa shape index (κ1) is 21.8. The Balaban J connectivity index is 0.00000280. The number of carbonyl (C=O) groups excluding carboxylic acids is 2. The number of nitrogens with one attached hydrogen (secondary N) is 1. The van der Waals surface area contributed by atoms with Gasteiger partial charge in [-0.2, -0.15) is 0 Å². The summed E-state index contributed by atoms with van der Waals surface area (Å²) in [5, 5.41) is 3.05. The van der Waals surface area contributed by atoms with Crippen LogP contribution in [0.4, 0.5) is 5.69 Å². The molecule has 1 atom stereocenters. The van der Waals surface area contributed by atoms with Crippen LogP contribution in [0.5, 0.6) is 0 Å². The zero-order valence-corrected chi connectivity index (χ0v) is 16.8. The third-order valence-electron chi connectivity index (χ3n) is 5.05. The van der Waals surface area contributed by atoms with E-state index in [0.717, 1.165) is 24.1 Å². The van der Waals surface area contributed by atoms with E-state index in [1.54, 1.807) is 0 Å². The molecule has 2 amide bonds. The Labute approximate surface area is 172 Å². The monoisotopic (exact) mass is 401 g/mol. The molecule has 150 valence electrons. The van der Waals surface area contributed by atoms with Gasteiger partial charge in [0.25, 0.3) is 0 Å². The predicted molar refractivity (Wildman–Crippen MR) is 114 cm³/mol. The average molecular weight is 402 g/mol. The van der Waals surface area contributed by atoms with Gasteiger partial charge in [0.15, 0.2) is 0 Å². The number of benzene rings is 2. The summed E-state index contributed by atoms with van der Waals surface area (Å²) in [5.41, 5.74) is 8.81. The molecule has 1 unspecified atom stereocenters. The molecule has 3 N–H and O–H groups in total. The van der Waals surface area contributed by atoms with Gasteiger partial charge in [-0.05, 0) is 36.5 Å². The van der Waals surface area contributed by atoms with E-state index in [-0.39, 0.29) is 30.3 Å². The predicted octanol–water partition coefficient (Wildman–Crippen LogP) is 2.97. The fourth-order valence-corrected chi connectivity index (χ4v) is 3.47. The van der Waals surface area contributed by atoms with E-state index in [4.69, 9.17) is 5.73 Å². The van der Waals surface area contributed by atoms with E-state index < -0.39 is 0 Å². The zero-order chi connectivity index (χ0) is 19.1. The number of para-hydroxylation sites is 1. The summed E-state index contributed by atoms with van der Waals surface area (Å²) in [7, 11) is 0. The maximum absolute atomic E-state index is 12.4. The van der Waals surface area contributed by atoms with Gasteiger partial charge in [-0.1, -0.05) is 48.5 Å². The van der Waals surface area contributed by atoms with Gasteiger partial charge < -0.3 is 16.0 Å². The number of nitrogen functional groups attached to an aromatic ring is 1. The van der Waals surface area contributed by atoms with Gasteiger partial charge in [0.1, 0.15) is 0 Å². The molecule has 1 heterocycles. The molecule has 0 saturated carbocycles. The lowest BCUT2D eigenvalue weighted by Gasteiger charge is -2.17. The van der Waals surface area contributed by atoms with E-state index in [1.807, 2.05) is 59.5 Å². The fourth-order valence-electron chi connectivity index (χ4n) is 3.47. The summed E-state index contributed by atoms with van der Waals surface area (Å²) >= 11 is 0. The van der Waals surface area contributed by atoms with Gasteiger partial charge in [0.2, 0.25) is 11.8 Å². The van der Waals surface area contributed by atoms with Crippen molar-refractivity contribution < 1.29 is 9.59 Å². The van der Waals surface area contributed by atoms with Crippen molar-refractivity contribution in [1.29, 1.82) is 0 Å². The highest BCUT2D eigenvalue weighted by Gasteiger charge is 2.26. The van der Waals surface area contributed by atoms with Crippen LogP contribution in [0.15, 0.2) is 54.6 Å². The van der Waals surface area contributed by atoms with Crippen LogP contribution in [-0.2, 0) is 22.4 Å². The minimum absolute atomic E-state index is 0. The van der Waals surface area contributed by atoms with Crippen LogP contribution in [-0.4, -0.2) is 35.8 Å². The van der Waals surface area contributed by atoms with Crippen molar-refractivity contribution in [3.05, 3.63) is 65.7 Å². The number of halogens is 1. The molecule has 5 nitrogen and oxygen atoms in total. The van der Waals surface area contributed by atoms with Crippen LogP contribution in [0.1, 0.15) is 30.4 Å². The molecule has 28 heavy (non-hydrogen) atoms. The maximum Gasteiger partial charge on any atom is 0.222 e. The van der Waals surface area contributed by atoms with E-state index in [9.17, 15) is 9.59 Å². The number of rotatable bonds is 7. The minimum Gasteiger partial charge on any atom is -0.399 e. The number of amides is 2. The Hall–Kier alpha value is -2.53. The number of nitrogens with zero attached hydrogens (tertiary/aromatic N) is 1. The van der Waals surface area contributed by atoms with E-state index in [1.165, 1.54) is 5.56 Å². The minimum atomic E-state index is 0. The van der Waals surface area contributed by atoms with Crippen molar-refractivity contribution in [2.75, 3.05) is 18.8 Å². The van der Waals surface area contributed by atoms with Crippen LogP contribution in [0.25, 0.3) is 0 Å². The molecular weight excluding hydrogens is 374 g/mol. The molecule has 0 spiro atoms. The summed E-state index contributed by atoms with van der Waals surface area (Å²) in [6.45, 7) is 1.32. The van der Waals surface area contributed by atoms with Gasteiger partial charge in [0, 0.05) is 37.7 Å². The maximum atomic E-state index is 12.4. The molecule has 1 aliphatic heterocycles. The molecular formula is C22H28ClN3O2. The van der Waals surface area contributed by atoms with Crippen molar-refractivity contribution >= 4 is 29.9 Å². The summed E-state index contributed by atoms with van der Waals surface area (Å²) in [5.74, 6) is 0.175. The summed E-state index contributed by atoms with van der Waals surface area (Å²) in [4.78, 5) is 26.5. The Morgan fingerprint density at radius 2 is 1.71 bits per heavy atom. The third kappa shape index (κ3) is 6.27. The van der Waals surface area contributed by atoms with Crippen LogP contribution >= 0.6 is 12.4 Å². The number of aryl methyl sites for hydroxylation is 2. The van der Waals surface area contributed by atoms with Crippen molar-refractivity contribution in [2.45, 2.75) is 38.1 Å². The number of likely N-dealkylation sites (tertiary alicyclic amines) is 1. The Morgan fingerprint density at radius 3 is 2.46 bits per heavy atom. The number of anilines is 1. The highest BCUT2D eigenvalue weighted by Crippen LogP contribution is 2.15. The number of hydrogen-bond acceptors (Lipinski definition) is 3. The molecule has 2 aromatic rings. The summed E-state index contributed by atoms with van der Waals surface area (Å²) < 4.78 is 0. The van der Waals surface area contributed by atoms with Crippen molar-refractivity contribution in [2.24, 2.45) is 0 Å². The average Bonchev–Trinajstić information content (AvgIpc) is 3.15. The van der Waals surface area contributed by atoms with Crippen molar-refractivity contribution in [3.63, 3.8) is 0 Å². The first-order valence-electron chi connectivity index (χ1n) is 9.56. The number of carbonyl (C=O) groups is 2. The largest absolute Gasteiger partial charge is 0.399 e. The highest BCUT2D eigenvalue weighted by atomic mass is 35.5. The van der Waals surface area contributed by atoms with Crippen molar-refractivity contribution in [3.8, 4) is 0 Å². The van der Waals surface area contributed by atoms with Gasteiger partial charge in [0.05, 0.1) is 0 Å². The molecule has 2 aromatic carbocycles. The van der Waals surface area contributed by atoms with Crippen molar-refractivity contribution in [1.82, 2.24) is 10.2 Å². The first-order chi connectivity index (χ1) is 13.1. The molecule has 1 fully saturated rings. The topological polar surface area (TPSA) is 75.4 Å². The third-order valence-corrected chi connectivity index (χ3v) is 5.05. The lowest BCUT2D eigenvalue weighted by Crippen LogP contribution is -2.38. The molecule has 0 bridgehead atoms. The summed E-state index contributed by atoms with van der Waals surface area (Å²) in [6, 6.07) is 17.7. The molecule has 0 aromatic heterocycles. The normalized spacial score (nSPS) is 15.7. The SMILES string of the molecule is Cl.Nc1ccccc1CCC(=O)NC1CCN(C(=O)CCc2ccccc2)C1. The molecule has 3 rings (SSSR count). The first-order valence-corrected chi connectivity index (χ1v) is 9.56. The number of nitrogens with two attached hydrogens (primary N) is 1. The second-order valence-corrected chi connectivity index (χ2v) is 7.08. The molecule has 0 aliphatic carbocycles. The standard InChI is InChI=1S/C22H27N3O2.ClH/c23-20-9-5-4-8-18(20)11-12-21(26)24-19-14-15-25(16-19)22(27)13-10-17-6-2-1-3-7-17;/h1-9,19H,10-16,23H2,(H,24,26);1H. The molecule has 1 aliphatic rings. The Morgan fingerprint density at radius 1 is 1.00 bits per heavy atom. The van der Waals surface area contributed by atoms with Crippen LogP contribution in [0.2, 0.25) is 0 Å². The van der Waals surface area contributed by atoms with E-state index in [0.29, 0.717) is 32.4 Å². The molecule has 0 radical (unpaired) electrons. The Bertz CT molecular complexity index is 782. The van der Waals surface area contributed by atoms with Gasteiger partial charge in [-0.3, -0.25) is 9.59 Å².